The van der Waals surface area contributed by atoms with Crippen LogP contribution in [0.4, 0.5) is 5.69 Å². The van der Waals surface area contributed by atoms with Crippen LogP contribution >= 0.6 is 24.0 Å². The number of ether oxygens (including phenoxy) is 2. The lowest BCUT2D eigenvalue weighted by molar-refractivity contribution is 0.0132. The molecule has 1 aliphatic rings. The van der Waals surface area contributed by atoms with E-state index in [-0.39, 0.29) is 24.0 Å². The largest absolute Gasteiger partial charge is 0.493 e. The number of nitrogens with one attached hydrogen (secondary N) is 2. The molecule has 3 N–H and O–H groups in total. The molecule has 0 saturated heterocycles. The third-order valence-corrected chi connectivity index (χ3v) is 4.39. The van der Waals surface area contributed by atoms with Gasteiger partial charge in [-0.05, 0) is 38.8 Å². The molecule has 0 bridgehead atoms. The summed E-state index contributed by atoms with van der Waals surface area (Å²) in [5, 5.41) is 17.1. The number of nitrogens with zero attached hydrogens (tertiary/aromatic N) is 1. The van der Waals surface area contributed by atoms with E-state index in [9.17, 15) is 5.11 Å². The van der Waals surface area contributed by atoms with Crippen LogP contribution in [0.2, 0.25) is 0 Å². The smallest absolute Gasteiger partial charge is 0.195 e. The average molecular weight is 477 g/mol. The van der Waals surface area contributed by atoms with Gasteiger partial charge in [0.1, 0.15) is 0 Å². The Morgan fingerprint density at radius 2 is 1.92 bits per heavy atom. The molecule has 0 spiro atoms. The van der Waals surface area contributed by atoms with E-state index in [2.05, 4.69) is 15.6 Å². The zero-order valence-electron chi connectivity index (χ0n) is 16.0. The number of aliphatic imine (C=N–C) groups is 1. The van der Waals surface area contributed by atoms with E-state index in [1.807, 2.05) is 32.0 Å². The van der Waals surface area contributed by atoms with Crippen LogP contribution in [0.1, 0.15) is 46.0 Å². The van der Waals surface area contributed by atoms with E-state index in [0.717, 1.165) is 37.9 Å². The molecule has 0 unspecified atom stereocenters. The third-order valence-electron chi connectivity index (χ3n) is 4.39. The molecular formula is C19H32IN3O3. The number of hydrogen-bond donors (Lipinski definition) is 3. The molecule has 0 aliphatic heterocycles. The van der Waals surface area contributed by atoms with Gasteiger partial charge in [0.15, 0.2) is 17.5 Å². The van der Waals surface area contributed by atoms with Crippen molar-refractivity contribution in [2.24, 2.45) is 4.99 Å². The highest BCUT2D eigenvalue weighted by atomic mass is 127. The van der Waals surface area contributed by atoms with Crippen molar-refractivity contribution in [3.63, 3.8) is 0 Å². The summed E-state index contributed by atoms with van der Waals surface area (Å²) in [6, 6.07) is 5.69. The molecule has 148 valence electrons. The van der Waals surface area contributed by atoms with E-state index in [0.29, 0.717) is 30.6 Å². The molecule has 2 rings (SSSR count). The fraction of sp³-hybridized carbons (Fsp3) is 0.632. The number of hydrogen-bond acceptors (Lipinski definition) is 4. The zero-order chi connectivity index (χ0) is 18.1. The first-order valence-electron chi connectivity index (χ1n) is 9.19. The average Bonchev–Trinajstić information content (AvgIpc) is 2.62. The second-order valence-corrected chi connectivity index (χ2v) is 6.40. The predicted octanol–water partition coefficient (Wildman–Crippen LogP) is 3.78. The summed E-state index contributed by atoms with van der Waals surface area (Å²) in [6.07, 6.45) is 5.01. The van der Waals surface area contributed by atoms with Gasteiger partial charge in [-0.3, -0.25) is 4.99 Å². The van der Waals surface area contributed by atoms with Gasteiger partial charge in [0.25, 0.3) is 0 Å². The van der Waals surface area contributed by atoms with Crippen molar-refractivity contribution in [2.75, 3.05) is 32.1 Å². The van der Waals surface area contributed by atoms with Crippen molar-refractivity contribution in [1.29, 1.82) is 0 Å². The van der Waals surface area contributed by atoms with Gasteiger partial charge in [-0.1, -0.05) is 19.3 Å². The Morgan fingerprint density at radius 1 is 1.19 bits per heavy atom. The fourth-order valence-electron chi connectivity index (χ4n) is 3.06. The van der Waals surface area contributed by atoms with E-state index in [4.69, 9.17) is 9.47 Å². The maximum Gasteiger partial charge on any atom is 0.195 e. The zero-order valence-corrected chi connectivity index (χ0v) is 18.3. The molecule has 0 heterocycles. The number of rotatable bonds is 7. The number of benzene rings is 1. The van der Waals surface area contributed by atoms with Gasteiger partial charge in [0.2, 0.25) is 0 Å². The van der Waals surface area contributed by atoms with Gasteiger partial charge in [-0.15, -0.1) is 24.0 Å². The molecule has 7 heteroatoms. The Kier molecular flexibility index (Phi) is 10.1. The van der Waals surface area contributed by atoms with Gasteiger partial charge in [-0.2, -0.15) is 0 Å². The summed E-state index contributed by atoms with van der Waals surface area (Å²) in [4.78, 5) is 4.59. The Morgan fingerprint density at radius 3 is 2.54 bits per heavy atom. The van der Waals surface area contributed by atoms with Crippen LogP contribution in [0.5, 0.6) is 11.5 Å². The van der Waals surface area contributed by atoms with Crippen LogP contribution in [0.25, 0.3) is 0 Å². The number of methoxy groups -OCH3 is 1. The standard InChI is InChI=1S/C19H31N3O3.HI/c1-4-20-18(21-14-19(23)11-7-6-8-12-19)22-15-9-10-16(25-5-2)17(13-15)24-3;/h9-10,13,23H,4-8,11-12,14H2,1-3H3,(H2,20,21,22);1H. The molecule has 1 aromatic rings. The van der Waals surface area contributed by atoms with E-state index < -0.39 is 5.60 Å². The predicted molar refractivity (Wildman–Crippen MR) is 117 cm³/mol. The van der Waals surface area contributed by atoms with Crippen molar-refractivity contribution in [3.05, 3.63) is 18.2 Å². The van der Waals surface area contributed by atoms with Crippen LogP contribution in [0, 0.1) is 0 Å². The number of guanidine groups is 1. The van der Waals surface area contributed by atoms with Crippen molar-refractivity contribution < 1.29 is 14.6 Å². The van der Waals surface area contributed by atoms with Gasteiger partial charge >= 0.3 is 0 Å². The summed E-state index contributed by atoms with van der Waals surface area (Å²) in [5.74, 6) is 2.05. The first-order valence-corrected chi connectivity index (χ1v) is 9.19. The molecule has 26 heavy (non-hydrogen) atoms. The van der Waals surface area contributed by atoms with Crippen molar-refractivity contribution in [3.8, 4) is 11.5 Å². The first kappa shape index (κ1) is 22.8. The highest BCUT2D eigenvalue weighted by Gasteiger charge is 2.28. The maximum atomic E-state index is 10.6. The summed E-state index contributed by atoms with van der Waals surface area (Å²) in [6.45, 7) is 5.71. The third kappa shape index (κ3) is 6.83. The Balaban J connectivity index is 0.00000338. The molecule has 0 amide bonds. The minimum Gasteiger partial charge on any atom is -0.493 e. The topological polar surface area (TPSA) is 75.1 Å². The second kappa shape index (κ2) is 11.5. The van der Waals surface area contributed by atoms with Crippen LogP contribution in [-0.4, -0.2) is 43.5 Å². The van der Waals surface area contributed by atoms with Crippen molar-refractivity contribution in [2.45, 2.75) is 51.6 Å². The van der Waals surface area contributed by atoms with Gasteiger partial charge in [0, 0.05) is 18.3 Å². The molecular weight excluding hydrogens is 445 g/mol. The Bertz CT molecular complexity index is 575. The molecule has 0 radical (unpaired) electrons. The van der Waals surface area contributed by atoms with Crippen molar-refractivity contribution in [1.82, 2.24) is 5.32 Å². The van der Waals surface area contributed by atoms with Crippen molar-refractivity contribution >= 4 is 35.6 Å². The Labute approximate surface area is 173 Å². The lowest BCUT2D eigenvalue weighted by Crippen LogP contribution is -2.37. The molecule has 0 aromatic heterocycles. The highest BCUT2D eigenvalue weighted by Crippen LogP contribution is 2.30. The summed E-state index contributed by atoms with van der Waals surface area (Å²) in [7, 11) is 1.62. The van der Waals surface area contributed by atoms with Gasteiger partial charge in [-0.25, -0.2) is 0 Å². The summed E-state index contributed by atoms with van der Waals surface area (Å²) < 4.78 is 10.9. The number of halogens is 1. The SMILES string of the molecule is CCNC(=NCC1(O)CCCCC1)Nc1ccc(OCC)c(OC)c1.I. The maximum absolute atomic E-state index is 10.6. The van der Waals surface area contributed by atoms with Gasteiger partial charge in [0.05, 0.1) is 25.9 Å². The monoisotopic (exact) mass is 477 g/mol. The quantitative estimate of drug-likeness (QED) is 0.317. The summed E-state index contributed by atoms with van der Waals surface area (Å²) in [5.41, 5.74) is 0.188. The van der Waals surface area contributed by atoms with Crippen LogP contribution in [-0.2, 0) is 0 Å². The number of anilines is 1. The molecule has 1 fully saturated rings. The summed E-state index contributed by atoms with van der Waals surface area (Å²) >= 11 is 0. The molecule has 1 aliphatic carbocycles. The molecule has 1 saturated carbocycles. The number of aliphatic hydroxyl groups is 1. The fourth-order valence-corrected chi connectivity index (χ4v) is 3.06. The lowest BCUT2D eigenvalue weighted by atomic mass is 9.85. The Hall–Kier alpha value is -1.22. The molecule has 6 nitrogen and oxygen atoms in total. The van der Waals surface area contributed by atoms with E-state index in [1.54, 1.807) is 7.11 Å². The van der Waals surface area contributed by atoms with Crippen LogP contribution in [0.3, 0.4) is 0 Å². The minimum absolute atomic E-state index is 0. The lowest BCUT2D eigenvalue weighted by Gasteiger charge is -2.30. The van der Waals surface area contributed by atoms with Gasteiger partial charge < -0.3 is 25.2 Å². The second-order valence-electron chi connectivity index (χ2n) is 6.40. The normalized spacial score (nSPS) is 16.4. The minimum atomic E-state index is -0.670. The highest BCUT2D eigenvalue weighted by molar-refractivity contribution is 14.0. The van der Waals surface area contributed by atoms with Crippen LogP contribution in [0.15, 0.2) is 23.2 Å². The molecule has 0 atom stereocenters. The molecule has 1 aromatic carbocycles. The van der Waals surface area contributed by atoms with E-state index in [1.165, 1.54) is 6.42 Å². The van der Waals surface area contributed by atoms with E-state index >= 15 is 0 Å². The first-order chi connectivity index (χ1) is 12.1. The van der Waals surface area contributed by atoms with Crippen LogP contribution < -0.4 is 20.1 Å².